The number of rotatable bonds is 14. The second-order valence-electron chi connectivity index (χ2n) is 8.27. The maximum absolute atomic E-state index is 12.7. The molecule has 0 spiro atoms. The van der Waals surface area contributed by atoms with Crippen LogP contribution in [-0.2, 0) is 19.1 Å². The number of esters is 2. The van der Waals surface area contributed by atoms with Crippen LogP contribution in [0.5, 0.6) is 0 Å². The highest BCUT2D eigenvalue weighted by Gasteiger charge is 2.42. The van der Waals surface area contributed by atoms with Crippen molar-refractivity contribution in [1.29, 1.82) is 0 Å². The number of allylic oxidation sites excluding steroid dienone is 2. The third-order valence-electron chi connectivity index (χ3n) is 5.94. The highest BCUT2D eigenvalue weighted by Crippen LogP contribution is 2.36. The molecule has 1 rings (SSSR count). The highest BCUT2D eigenvalue weighted by molar-refractivity contribution is 5.83. The highest BCUT2D eigenvalue weighted by atomic mass is 16.5. The summed E-state index contributed by atoms with van der Waals surface area (Å²) in [6.07, 6.45) is 13.8. The average Bonchev–Trinajstić information content (AvgIpc) is 2.68. The van der Waals surface area contributed by atoms with Crippen molar-refractivity contribution in [3.8, 4) is 0 Å². The fraction of sp³-hybridized carbons (Fsp3) is 0.833. The van der Waals surface area contributed by atoms with Crippen LogP contribution in [0.15, 0.2) is 11.6 Å². The summed E-state index contributed by atoms with van der Waals surface area (Å²) >= 11 is 0. The first-order chi connectivity index (χ1) is 13.5. The van der Waals surface area contributed by atoms with Gasteiger partial charge >= 0.3 is 11.9 Å². The molecule has 0 aromatic rings. The molecule has 0 aromatic heterocycles. The fourth-order valence-corrected chi connectivity index (χ4v) is 3.85. The molecule has 0 saturated heterocycles. The minimum atomic E-state index is -0.423. The van der Waals surface area contributed by atoms with E-state index in [0.717, 1.165) is 31.3 Å². The smallest absolute Gasteiger partial charge is 0.310 e. The van der Waals surface area contributed by atoms with Gasteiger partial charge in [-0.3, -0.25) is 9.59 Å². The molecule has 162 valence electrons. The summed E-state index contributed by atoms with van der Waals surface area (Å²) in [6, 6.07) is 0. The van der Waals surface area contributed by atoms with E-state index in [1.807, 2.05) is 13.8 Å². The standard InChI is InChI=1S/C24H42O4/c1-5-7-9-11-13-17-27-23(25)21-16-15-19(3)20(4)22(21)24(26)28-18-14-12-10-8-6-2/h15,20-22H,5-14,16-18H2,1-4H3. The number of carbonyl (C=O) groups excluding carboxylic acids is 2. The lowest BCUT2D eigenvalue weighted by Crippen LogP contribution is -2.39. The van der Waals surface area contributed by atoms with Crippen molar-refractivity contribution in [1.82, 2.24) is 0 Å². The normalized spacial score (nSPS) is 21.9. The van der Waals surface area contributed by atoms with Gasteiger partial charge < -0.3 is 9.47 Å². The second kappa shape index (κ2) is 14.6. The fourth-order valence-electron chi connectivity index (χ4n) is 3.85. The van der Waals surface area contributed by atoms with Gasteiger partial charge in [0.1, 0.15) is 0 Å². The Morgan fingerprint density at radius 1 is 0.857 bits per heavy atom. The van der Waals surface area contributed by atoms with Crippen molar-refractivity contribution in [2.45, 2.75) is 98.3 Å². The molecule has 28 heavy (non-hydrogen) atoms. The van der Waals surface area contributed by atoms with Crippen LogP contribution < -0.4 is 0 Å². The van der Waals surface area contributed by atoms with E-state index >= 15 is 0 Å². The Kier molecular flexibility index (Phi) is 12.9. The van der Waals surface area contributed by atoms with Gasteiger partial charge in [-0.25, -0.2) is 0 Å². The largest absolute Gasteiger partial charge is 0.465 e. The van der Waals surface area contributed by atoms with Gasteiger partial charge in [-0.1, -0.05) is 83.8 Å². The van der Waals surface area contributed by atoms with Crippen LogP contribution in [0.2, 0.25) is 0 Å². The average molecular weight is 395 g/mol. The zero-order valence-electron chi connectivity index (χ0n) is 18.6. The molecule has 0 aliphatic heterocycles. The summed E-state index contributed by atoms with van der Waals surface area (Å²) in [4.78, 5) is 25.4. The molecule has 0 heterocycles. The maximum Gasteiger partial charge on any atom is 0.310 e. The molecule has 0 aromatic carbocycles. The third-order valence-corrected chi connectivity index (χ3v) is 5.94. The van der Waals surface area contributed by atoms with E-state index in [-0.39, 0.29) is 17.9 Å². The van der Waals surface area contributed by atoms with Crippen molar-refractivity contribution in [2.75, 3.05) is 13.2 Å². The van der Waals surface area contributed by atoms with E-state index in [1.165, 1.54) is 38.5 Å². The second-order valence-corrected chi connectivity index (χ2v) is 8.27. The van der Waals surface area contributed by atoms with E-state index < -0.39 is 11.8 Å². The van der Waals surface area contributed by atoms with Crippen molar-refractivity contribution < 1.29 is 19.1 Å². The van der Waals surface area contributed by atoms with E-state index in [4.69, 9.17) is 9.47 Å². The molecule has 0 N–H and O–H groups in total. The molecule has 4 nitrogen and oxygen atoms in total. The molecule has 0 fully saturated rings. The van der Waals surface area contributed by atoms with Gasteiger partial charge in [-0.15, -0.1) is 0 Å². The number of hydrogen-bond acceptors (Lipinski definition) is 4. The van der Waals surface area contributed by atoms with Crippen molar-refractivity contribution in [3.05, 3.63) is 11.6 Å². The number of unbranched alkanes of at least 4 members (excludes halogenated alkanes) is 8. The molecule has 0 amide bonds. The summed E-state index contributed by atoms with van der Waals surface area (Å²) in [5, 5.41) is 0. The van der Waals surface area contributed by atoms with Gasteiger partial charge in [-0.05, 0) is 32.1 Å². The lowest BCUT2D eigenvalue weighted by molar-refractivity contribution is -0.163. The van der Waals surface area contributed by atoms with Crippen molar-refractivity contribution >= 4 is 11.9 Å². The summed E-state index contributed by atoms with van der Waals surface area (Å²) < 4.78 is 11.1. The van der Waals surface area contributed by atoms with Gasteiger partial charge in [0, 0.05) is 0 Å². The zero-order valence-corrected chi connectivity index (χ0v) is 18.6. The molecule has 4 heteroatoms. The maximum atomic E-state index is 12.7. The summed E-state index contributed by atoms with van der Waals surface area (Å²) in [5.41, 5.74) is 1.16. The first-order valence-corrected chi connectivity index (χ1v) is 11.5. The number of ether oxygens (including phenoxy) is 2. The van der Waals surface area contributed by atoms with Gasteiger partial charge in [0.2, 0.25) is 0 Å². The topological polar surface area (TPSA) is 52.6 Å². The summed E-state index contributed by atoms with van der Waals surface area (Å²) in [5.74, 6) is -1.30. The molecule has 1 aliphatic rings. The summed E-state index contributed by atoms with van der Waals surface area (Å²) in [6.45, 7) is 9.33. The first-order valence-electron chi connectivity index (χ1n) is 11.5. The molecular formula is C24H42O4. The summed E-state index contributed by atoms with van der Waals surface area (Å²) in [7, 11) is 0. The molecule has 0 saturated carbocycles. The molecule has 0 bridgehead atoms. The SMILES string of the molecule is CCCCCCCOC(=O)C1CC=C(C)C(C)C1C(=O)OCCCCCCC. The molecule has 3 atom stereocenters. The minimum absolute atomic E-state index is 0.0171. The van der Waals surface area contributed by atoms with Crippen LogP contribution in [0.25, 0.3) is 0 Å². The quantitative estimate of drug-likeness (QED) is 0.199. The third kappa shape index (κ3) is 8.79. The Balaban J connectivity index is 2.50. The number of carbonyl (C=O) groups is 2. The Morgan fingerprint density at radius 2 is 1.36 bits per heavy atom. The van der Waals surface area contributed by atoms with Crippen molar-refractivity contribution in [2.24, 2.45) is 17.8 Å². The lowest BCUT2D eigenvalue weighted by atomic mass is 9.73. The van der Waals surface area contributed by atoms with E-state index in [0.29, 0.717) is 19.6 Å². The van der Waals surface area contributed by atoms with Crippen molar-refractivity contribution in [3.63, 3.8) is 0 Å². The van der Waals surface area contributed by atoms with E-state index in [1.54, 1.807) is 0 Å². The predicted octanol–water partition coefficient (Wildman–Crippen LogP) is 6.23. The predicted molar refractivity (Wildman–Crippen MR) is 114 cm³/mol. The van der Waals surface area contributed by atoms with Crippen LogP contribution in [0.3, 0.4) is 0 Å². The molecular weight excluding hydrogens is 352 g/mol. The van der Waals surface area contributed by atoms with Gasteiger partial charge in [0.15, 0.2) is 0 Å². The minimum Gasteiger partial charge on any atom is -0.465 e. The lowest BCUT2D eigenvalue weighted by Gasteiger charge is -2.32. The monoisotopic (exact) mass is 394 g/mol. The van der Waals surface area contributed by atoms with E-state index in [2.05, 4.69) is 19.9 Å². The molecule has 0 radical (unpaired) electrons. The van der Waals surface area contributed by atoms with Crippen LogP contribution in [-0.4, -0.2) is 25.2 Å². The van der Waals surface area contributed by atoms with Gasteiger partial charge in [0.25, 0.3) is 0 Å². The first kappa shape index (κ1) is 24.7. The van der Waals surface area contributed by atoms with Gasteiger partial charge in [0.05, 0.1) is 25.0 Å². The van der Waals surface area contributed by atoms with Crippen LogP contribution in [0.1, 0.15) is 98.3 Å². The van der Waals surface area contributed by atoms with Crippen LogP contribution in [0, 0.1) is 17.8 Å². The number of hydrogen-bond donors (Lipinski definition) is 0. The Hall–Kier alpha value is -1.32. The Bertz CT molecular complexity index is 483. The molecule has 3 unspecified atom stereocenters. The van der Waals surface area contributed by atoms with Crippen LogP contribution in [0.4, 0.5) is 0 Å². The van der Waals surface area contributed by atoms with E-state index in [9.17, 15) is 9.59 Å². The zero-order chi connectivity index (χ0) is 20.8. The molecule has 1 aliphatic carbocycles. The van der Waals surface area contributed by atoms with Crippen LogP contribution >= 0.6 is 0 Å². The Labute approximate surface area is 172 Å². The van der Waals surface area contributed by atoms with Gasteiger partial charge in [-0.2, -0.15) is 0 Å². The Morgan fingerprint density at radius 3 is 1.89 bits per heavy atom.